The Morgan fingerprint density at radius 3 is 2.42 bits per heavy atom. The summed E-state index contributed by atoms with van der Waals surface area (Å²) < 4.78 is 32.8. The van der Waals surface area contributed by atoms with Crippen molar-refractivity contribution in [1.82, 2.24) is 9.62 Å². The zero-order chi connectivity index (χ0) is 19.7. The van der Waals surface area contributed by atoms with Gasteiger partial charge in [0.1, 0.15) is 10.6 Å². The number of nitrogens with one attached hydrogen (secondary N) is 3. The van der Waals surface area contributed by atoms with Gasteiger partial charge in [0, 0.05) is 18.8 Å². The van der Waals surface area contributed by atoms with Gasteiger partial charge in [-0.15, -0.1) is 0 Å². The third-order valence-electron chi connectivity index (χ3n) is 3.74. The summed E-state index contributed by atoms with van der Waals surface area (Å²) in [6.07, 6.45) is 0. The highest BCUT2D eigenvalue weighted by molar-refractivity contribution is 7.89. The second-order valence-electron chi connectivity index (χ2n) is 6.02. The standard InChI is InChI=1S/C17H30N4O3S2/c1-6-21(7-2)26(22,23)16-13-14(9-10-15(16)24-8-3)19-17(25)18-11-12-20(4)5/h9-10,13H,6-8,11-12H2,1-5H3,(H2,18,19,25)/p+1. The Labute approximate surface area is 162 Å². The number of benzene rings is 1. The molecule has 0 heterocycles. The van der Waals surface area contributed by atoms with Crippen molar-refractivity contribution in [3.05, 3.63) is 18.2 Å². The lowest BCUT2D eigenvalue weighted by molar-refractivity contribution is -0.856. The molecule has 0 aromatic heterocycles. The highest BCUT2D eigenvalue weighted by atomic mass is 32.2. The Kier molecular flexibility index (Phi) is 9.28. The molecule has 0 aliphatic rings. The molecule has 0 atom stereocenters. The fraction of sp³-hybridized carbons (Fsp3) is 0.588. The lowest BCUT2D eigenvalue weighted by atomic mass is 10.3. The summed E-state index contributed by atoms with van der Waals surface area (Å²) in [7, 11) is 0.490. The second-order valence-corrected chi connectivity index (χ2v) is 8.34. The highest BCUT2D eigenvalue weighted by Gasteiger charge is 2.26. The number of ether oxygens (including phenoxy) is 1. The minimum absolute atomic E-state index is 0.147. The van der Waals surface area contributed by atoms with Crippen LogP contribution in [0, 0.1) is 0 Å². The van der Waals surface area contributed by atoms with E-state index in [-0.39, 0.29) is 4.90 Å². The van der Waals surface area contributed by atoms with Gasteiger partial charge in [-0.3, -0.25) is 0 Å². The monoisotopic (exact) mass is 403 g/mol. The Hall–Kier alpha value is -1.42. The molecule has 1 aromatic carbocycles. The quantitative estimate of drug-likeness (QED) is 0.496. The number of rotatable bonds is 10. The summed E-state index contributed by atoms with van der Waals surface area (Å²) in [5.74, 6) is 0.347. The third kappa shape index (κ3) is 6.39. The van der Waals surface area contributed by atoms with Crippen LogP contribution in [-0.4, -0.2) is 64.7 Å². The zero-order valence-corrected chi connectivity index (χ0v) is 17.9. The predicted molar refractivity (Wildman–Crippen MR) is 110 cm³/mol. The molecule has 1 rings (SSSR count). The summed E-state index contributed by atoms with van der Waals surface area (Å²) in [5, 5.41) is 6.62. The molecule has 0 saturated carbocycles. The normalized spacial score (nSPS) is 11.7. The lowest BCUT2D eigenvalue weighted by Gasteiger charge is -2.21. The molecule has 1 aromatic rings. The van der Waals surface area contributed by atoms with Gasteiger partial charge in [-0.1, -0.05) is 13.8 Å². The fourth-order valence-corrected chi connectivity index (χ4v) is 4.20. The van der Waals surface area contributed by atoms with Crippen LogP contribution in [0.15, 0.2) is 23.1 Å². The summed E-state index contributed by atoms with van der Waals surface area (Å²) in [6.45, 7) is 8.29. The van der Waals surface area contributed by atoms with Crippen LogP contribution >= 0.6 is 12.2 Å². The predicted octanol–water partition coefficient (Wildman–Crippen LogP) is 0.547. The molecule has 26 heavy (non-hydrogen) atoms. The van der Waals surface area contributed by atoms with Crippen LogP contribution in [-0.2, 0) is 10.0 Å². The van der Waals surface area contributed by atoms with E-state index in [2.05, 4.69) is 24.7 Å². The van der Waals surface area contributed by atoms with Crippen molar-refractivity contribution < 1.29 is 18.1 Å². The van der Waals surface area contributed by atoms with Crippen molar-refractivity contribution in [3.8, 4) is 5.75 Å². The minimum atomic E-state index is -3.64. The molecule has 0 radical (unpaired) electrons. The van der Waals surface area contributed by atoms with Crippen LogP contribution in [0.2, 0.25) is 0 Å². The highest BCUT2D eigenvalue weighted by Crippen LogP contribution is 2.30. The van der Waals surface area contributed by atoms with Gasteiger partial charge in [-0.05, 0) is 37.3 Å². The van der Waals surface area contributed by atoms with E-state index in [1.165, 1.54) is 9.21 Å². The van der Waals surface area contributed by atoms with Gasteiger partial charge in [-0.25, -0.2) is 8.42 Å². The average molecular weight is 404 g/mol. The molecule has 9 heteroatoms. The molecule has 0 bridgehead atoms. The van der Waals surface area contributed by atoms with Gasteiger partial charge < -0.3 is 20.3 Å². The van der Waals surface area contributed by atoms with Gasteiger partial charge in [0.05, 0.1) is 33.8 Å². The smallest absolute Gasteiger partial charge is 0.246 e. The number of quaternary nitrogens is 1. The number of hydrogen-bond donors (Lipinski definition) is 3. The Morgan fingerprint density at radius 1 is 1.23 bits per heavy atom. The number of hydrogen-bond acceptors (Lipinski definition) is 4. The molecule has 7 nitrogen and oxygen atoms in total. The number of nitrogens with zero attached hydrogens (tertiary/aromatic N) is 1. The van der Waals surface area contributed by atoms with Crippen LogP contribution in [0.4, 0.5) is 5.69 Å². The molecule has 0 aliphatic heterocycles. The van der Waals surface area contributed by atoms with E-state index in [1.54, 1.807) is 18.2 Å². The largest absolute Gasteiger partial charge is 0.492 e. The molecule has 148 valence electrons. The zero-order valence-electron chi connectivity index (χ0n) is 16.3. The summed E-state index contributed by atoms with van der Waals surface area (Å²) in [5.41, 5.74) is 0.605. The molecular weight excluding hydrogens is 372 g/mol. The van der Waals surface area contributed by atoms with E-state index >= 15 is 0 Å². The van der Waals surface area contributed by atoms with Gasteiger partial charge in [0.2, 0.25) is 10.0 Å². The average Bonchev–Trinajstić information content (AvgIpc) is 2.56. The summed E-state index contributed by atoms with van der Waals surface area (Å²) >= 11 is 5.28. The van der Waals surface area contributed by atoms with E-state index in [0.29, 0.717) is 36.2 Å². The van der Waals surface area contributed by atoms with Crippen LogP contribution < -0.4 is 20.3 Å². The lowest BCUT2D eigenvalue weighted by Crippen LogP contribution is -3.06. The van der Waals surface area contributed by atoms with Crippen molar-refractivity contribution in [2.75, 3.05) is 52.2 Å². The fourth-order valence-electron chi connectivity index (χ4n) is 2.37. The SMILES string of the molecule is CCOc1ccc(NC(=S)NCC[NH+](C)C)cc1S(=O)(=O)N(CC)CC. The molecular formula is C17H31N4O3S2+. The second kappa shape index (κ2) is 10.7. The third-order valence-corrected chi connectivity index (χ3v) is 6.05. The van der Waals surface area contributed by atoms with E-state index in [0.717, 1.165) is 13.1 Å². The van der Waals surface area contributed by atoms with Crippen molar-refractivity contribution in [2.45, 2.75) is 25.7 Å². The Morgan fingerprint density at radius 2 is 1.88 bits per heavy atom. The molecule has 0 saturated heterocycles. The minimum Gasteiger partial charge on any atom is -0.492 e. The maximum atomic E-state index is 12.9. The van der Waals surface area contributed by atoms with Crippen LogP contribution in [0.3, 0.4) is 0 Å². The first kappa shape index (κ1) is 22.6. The van der Waals surface area contributed by atoms with Crippen molar-refractivity contribution >= 4 is 33.0 Å². The number of anilines is 1. The first-order chi connectivity index (χ1) is 12.3. The van der Waals surface area contributed by atoms with E-state index < -0.39 is 10.0 Å². The Bertz CT molecular complexity index is 689. The first-order valence-corrected chi connectivity index (χ1v) is 10.7. The molecule has 0 spiro atoms. The topological polar surface area (TPSA) is 75.1 Å². The molecule has 0 aliphatic carbocycles. The number of sulfonamides is 1. The van der Waals surface area contributed by atoms with Crippen LogP contribution in [0.5, 0.6) is 5.75 Å². The first-order valence-electron chi connectivity index (χ1n) is 8.87. The van der Waals surface area contributed by atoms with E-state index in [9.17, 15) is 8.42 Å². The maximum absolute atomic E-state index is 12.9. The molecule has 3 N–H and O–H groups in total. The van der Waals surface area contributed by atoms with Crippen LogP contribution in [0.1, 0.15) is 20.8 Å². The van der Waals surface area contributed by atoms with Gasteiger partial charge in [-0.2, -0.15) is 4.31 Å². The van der Waals surface area contributed by atoms with Crippen molar-refractivity contribution in [3.63, 3.8) is 0 Å². The van der Waals surface area contributed by atoms with E-state index in [1.807, 2.05) is 20.8 Å². The maximum Gasteiger partial charge on any atom is 0.246 e. The number of likely N-dealkylation sites (N-methyl/N-ethyl adjacent to an activating group) is 1. The van der Waals surface area contributed by atoms with E-state index in [4.69, 9.17) is 17.0 Å². The van der Waals surface area contributed by atoms with Crippen molar-refractivity contribution in [2.24, 2.45) is 0 Å². The summed E-state index contributed by atoms with van der Waals surface area (Å²) in [6, 6.07) is 5.00. The molecule has 0 fully saturated rings. The van der Waals surface area contributed by atoms with Gasteiger partial charge >= 0.3 is 0 Å². The number of thiocarbonyl (C=S) groups is 1. The molecule has 0 amide bonds. The Balaban J connectivity index is 3.06. The molecule has 0 unspecified atom stereocenters. The van der Waals surface area contributed by atoms with Crippen molar-refractivity contribution in [1.29, 1.82) is 0 Å². The van der Waals surface area contributed by atoms with Crippen LogP contribution in [0.25, 0.3) is 0 Å². The van der Waals surface area contributed by atoms with Gasteiger partial charge in [0.25, 0.3) is 0 Å². The summed E-state index contributed by atoms with van der Waals surface area (Å²) in [4.78, 5) is 1.46. The van der Waals surface area contributed by atoms with Gasteiger partial charge in [0.15, 0.2) is 5.11 Å².